The fourth-order valence-corrected chi connectivity index (χ4v) is 4.46. The van der Waals surface area contributed by atoms with Gasteiger partial charge in [-0.25, -0.2) is 0 Å². The first-order valence-corrected chi connectivity index (χ1v) is 10.7. The number of fused-ring (bicyclic) bond motifs is 2. The second kappa shape index (κ2) is 8.04. The summed E-state index contributed by atoms with van der Waals surface area (Å²) in [6.45, 7) is 1.55. The van der Waals surface area contributed by atoms with Crippen LogP contribution in [0.4, 0.5) is 5.69 Å². The lowest BCUT2D eigenvalue weighted by molar-refractivity contribution is -0.122. The quantitative estimate of drug-likeness (QED) is 0.649. The van der Waals surface area contributed by atoms with E-state index in [0.29, 0.717) is 12.1 Å². The highest BCUT2D eigenvalue weighted by molar-refractivity contribution is 6.36. The summed E-state index contributed by atoms with van der Waals surface area (Å²) in [5.41, 5.74) is 4.41. The topological polar surface area (TPSA) is 63.6 Å². The van der Waals surface area contributed by atoms with Crippen molar-refractivity contribution in [3.63, 3.8) is 0 Å². The number of benzene rings is 2. The van der Waals surface area contributed by atoms with Crippen LogP contribution in [0.2, 0.25) is 0 Å². The average Bonchev–Trinajstić information content (AvgIpc) is 3.49. The van der Waals surface area contributed by atoms with Crippen LogP contribution in [0.25, 0.3) is 22.6 Å². The van der Waals surface area contributed by atoms with E-state index >= 15 is 0 Å². The van der Waals surface area contributed by atoms with E-state index in [4.69, 9.17) is 4.74 Å². The van der Waals surface area contributed by atoms with Gasteiger partial charge in [0.15, 0.2) is 0 Å². The minimum Gasteiger partial charge on any atom is -0.376 e. The second-order valence-electron chi connectivity index (χ2n) is 8.11. The van der Waals surface area contributed by atoms with Gasteiger partial charge in [-0.2, -0.15) is 0 Å². The summed E-state index contributed by atoms with van der Waals surface area (Å²) in [5, 5.41) is 4.00. The Labute approximate surface area is 181 Å². The molecule has 0 bridgehead atoms. The Morgan fingerprint density at radius 3 is 2.84 bits per heavy atom. The molecule has 158 valence electrons. The molecule has 3 heterocycles. The zero-order valence-electron chi connectivity index (χ0n) is 17.5. The molecule has 3 aromatic rings. The summed E-state index contributed by atoms with van der Waals surface area (Å²) in [6.07, 6.45) is 6.06. The number of hydrogen-bond donors (Lipinski definition) is 1. The number of likely N-dealkylation sites (N-methyl/N-ethyl adjacent to an activating group) is 1. The fourth-order valence-electron chi connectivity index (χ4n) is 4.46. The molecule has 31 heavy (non-hydrogen) atoms. The van der Waals surface area contributed by atoms with Crippen molar-refractivity contribution in [3.05, 3.63) is 65.9 Å². The predicted octanol–water partition coefficient (Wildman–Crippen LogP) is 3.45. The molecule has 1 saturated heterocycles. The summed E-state index contributed by atoms with van der Waals surface area (Å²) in [6, 6.07) is 15.8. The number of aromatic nitrogens is 1. The minimum absolute atomic E-state index is 0.0210. The van der Waals surface area contributed by atoms with E-state index in [-0.39, 0.29) is 24.5 Å². The molecule has 2 aliphatic rings. The van der Waals surface area contributed by atoms with E-state index in [1.807, 2.05) is 65.4 Å². The second-order valence-corrected chi connectivity index (χ2v) is 8.11. The zero-order chi connectivity index (χ0) is 21.4. The maximum absolute atomic E-state index is 12.9. The van der Waals surface area contributed by atoms with Gasteiger partial charge in [-0.05, 0) is 31.1 Å². The molecule has 0 spiro atoms. The number of para-hydroxylation sites is 2. The van der Waals surface area contributed by atoms with Crippen LogP contribution < -0.4 is 10.2 Å². The van der Waals surface area contributed by atoms with Gasteiger partial charge in [0.25, 0.3) is 5.91 Å². The first kappa shape index (κ1) is 19.6. The van der Waals surface area contributed by atoms with Crippen molar-refractivity contribution in [1.29, 1.82) is 0 Å². The van der Waals surface area contributed by atoms with Crippen molar-refractivity contribution >= 4 is 40.1 Å². The normalized spacial score (nSPS) is 19.4. The van der Waals surface area contributed by atoms with Crippen LogP contribution in [0.3, 0.4) is 0 Å². The van der Waals surface area contributed by atoms with Gasteiger partial charge in [-0.15, -0.1) is 0 Å². The molecule has 2 aliphatic heterocycles. The maximum atomic E-state index is 12.9. The largest absolute Gasteiger partial charge is 0.376 e. The lowest BCUT2D eigenvalue weighted by atomic mass is 10.0. The summed E-state index contributed by atoms with van der Waals surface area (Å²) >= 11 is 0. The molecular weight excluding hydrogens is 390 g/mol. The number of anilines is 1. The number of nitrogens with one attached hydrogen (secondary N) is 1. The third kappa shape index (κ3) is 3.64. The van der Waals surface area contributed by atoms with Crippen molar-refractivity contribution in [3.8, 4) is 0 Å². The number of amides is 2. The zero-order valence-corrected chi connectivity index (χ0v) is 17.5. The summed E-state index contributed by atoms with van der Waals surface area (Å²) < 4.78 is 7.53. The summed E-state index contributed by atoms with van der Waals surface area (Å²) in [4.78, 5) is 27.1. The maximum Gasteiger partial charge on any atom is 0.258 e. The summed E-state index contributed by atoms with van der Waals surface area (Å²) in [5.74, 6) is -0.0650. The molecule has 0 saturated carbocycles. The van der Waals surface area contributed by atoms with Crippen LogP contribution in [0, 0.1) is 0 Å². The SMILES string of the molecule is CN1C(=O)/C(=C\c2cn(CC(=O)NCC3CCCO3)c3ccccc23)c2ccccc21. The predicted molar refractivity (Wildman–Crippen MR) is 122 cm³/mol. The van der Waals surface area contributed by atoms with Crippen molar-refractivity contribution in [2.45, 2.75) is 25.5 Å². The number of hydrogen-bond acceptors (Lipinski definition) is 3. The third-order valence-electron chi connectivity index (χ3n) is 6.07. The Kier molecular flexibility index (Phi) is 5.08. The van der Waals surface area contributed by atoms with E-state index in [1.54, 1.807) is 11.9 Å². The number of ether oxygens (including phenoxy) is 1. The number of carbonyl (C=O) groups excluding carboxylic acids is 2. The smallest absolute Gasteiger partial charge is 0.258 e. The Hall–Kier alpha value is -3.38. The summed E-state index contributed by atoms with van der Waals surface area (Å²) in [7, 11) is 1.80. The van der Waals surface area contributed by atoms with Crippen LogP contribution in [0.15, 0.2) is 54.7 Å². The van der Waals surface area contributed by atoms with Gasteiger partial charge in [0.2, 0.25) is 5.91 Å². The lowest BCUT2D eigenvalue weighted by Crippen LogP contribution is -2.34. The molecule has 2 aromatic carbocycles. The van der Waals surface area contributed by atoms with Gasteiger partial charge in [-0.1, -0.05) is 36.4 Å². The molecule has 1 N–H and O–H groups in total. The lowest BCUT2D eigenvalue weighted by Gasteiger charge is -2.11. The highest BCUT2D eigenvalue weighted by atomic mass is 16.5. The molecule has 1 fully saturated rings. The van der Waals surface area contributed by atoms with E-state index in [2.05, 4.69) is 5.32 Å². The fraction of sp³-hybridized carbons (Fsp3) is 0.280. The van der Waals surface area contributed by atoms with Crippen molar-refractivity contribution < 1.29 is 14.3 Å². The molecule has 1 aromatic heterocycles. The van der Waals surface area contributed by atoms with Crippen LogP contribution in [-0.2, 0) is 20.9 Å². The molecule has 6 heteroatoms. The Morgan fingerprint density at radius 2 is 2.00 bits per heavy atom. The van der Waals surface area contributed by atoms with Crippen molar-refractivity contribution in [2.24, 2.45) is 0 Å². The van der Waals surface area contributed by atoms with Crippen LogP contribution in [0.5, 0.6) is 0 Å². The minimum atomic E-state index is -0.0440. The van der Waals surface area contributed by atoms with Gasteiger partial charge >= 0.3 is 0 Å². The average molecular weight is 415 g/mol. The standard InChI is InChI=1S/C25H25N3O3/c1-27-22-10-4-3-9-20(22)21(25(27)30)13-17-15-28(23-11-5-2-8-19(17)23)16-24(29)26-14-18-7-6-12-31-18/h2-5,8-11,13,15,18H,6-7,12,14,16H2,1H3,(H,26,29)/b21-13-. The van der Waals surface area contributed by atoms with Crippen molar-refractivity contribution in [2.75, 3.05) is 25.1 Å². The van der Waals surface area contributed by atoms with Crippen LogP contribution >= 0.6 is 0 Å². The number of carbonyl (C=O) groups is 2. The highest BCUT2D eigenvalue weighted by Crippen LogP contribution is 2.37. The van der Waals surface area contributed by atoms with Gasteiger partial charge in [0, 0.05) is 54.0 Å². The third-order valence-corrected chi connectivity index (χ3v) is 6.07. The van der Waals surface area contributed by atoms with Crippen LogP contribution in [0.1, 0.15) is 24.0 Å². The number of nitrogens with zero attached hydrogens (tertiary/aromatic N) is 2. The van der Waals surface area contributed by atoms with E-state index in [9.17, 15) is 9.59 Å². The molecule has 0 aliphatic carbocycles. The molecule has 1 unspecified atom stereocenters. The highest BCUT2D eigenvalue weighted by Gasteiger charge is 2.29. The monoisotopic (exact) mass is 415 g/mol. The first-order valence-electron chi connectivity index (χ1n) is 10.7. The number of rotatable bonds is 5. The van der Waals surface area contributed by atoms with Crippen molar-refractivity contribution in [1.82, 2.24) is 9.88 Å². The molecular formula is C25H25N3O3. The van der Waals surface area contributed by atoms with Gasteiger partial charge in [-0.3, -0.25) is 9.59 Å². The van der Waals surface area contributed by atoms with E-state index < -0.39 is 0 Å². The Morgan fingerprint density at radius 1 is 1.19 bits per heavy atom. The first-order chi connectivity index (χ1) is 15.1. The molecule has 0 radical (unpaired) electrons. The molecule has 1 atom stereocenters. The van der Waals surface area contributed by atoms with Crippen LogP contribution in [-0.4, -0.2) is 42.7 Å². The van der Waals surface area contributed by atoms with Gasteiger partial charge in [0.1, 0.15) is 6.54 Å². The van der Waals surface area contributed by atoms with Gasteiger partial charge in [0.05, 0.1) is 11.8 Å². The van der Waals surface area contributed by atoms with Gasteiger partial charge < -0.3 is 19.5 Å². The van der Waals surface area contributed by atoms with E-state index in [1.165, 1.54) is 0 Å². The molecule has 5 rings (SSSR count). The molecule has 2 amide bonds. The Bertz CT molecular complexity index is 1190. The van der Waals surface area contributed by atoms with E-state index in [0.717, 1.165) is 47.2 Å². The molecule has 6 nitrogen and oxygen atoms in total. The Balaban J connectivity index is 1.45.